The molecule has 1 atom stereocenters. The van der Waals surface area contributed by atoms with Gasteiger partial charge in [0.15, 0.2) is 5.69 Å². The second-order valence-electron chi connectivity index (χ2n) is 6.73. The average Bonchev–Trinajstić information content (AvgIpc) is 3.03. The summed E-state index contributed by atoms with van der Waals surface area (Å²) in [4.78, 5) is 12.9. The zero-order valence-electron chi connectivity index (χ0n) is 16.8. The molecule has 0 fully saturated rings. The van der Waals surface area contributed by atoms with Crippen molar-refractivity contribution in [2.45, 2.75) is 25.1 Å². The number of rotatable bonds is 4. The molecule has 32 heavy (non-hydrogen) atoms. The van der Waals surface area contributed by atoms with E-state index in [1.807, 2.05) is 0 Å². The maximum atomic E-state index is 13.1. The van der Waals surface area contributed by atoms with E-state index >= 15 is 0 Å². The smallest absolute Gasteiger partial charge is 0.406 e. The zero-order chi connectivity index (χ0) is 23.8. The highest BCUT2D eigenvalue weighted by atomic mass is 35.5. The molecule has 0 radical (unpaired) electrons. The fourth-order valence-electron chi connectivity index (χ4n) is 2.76. The maximum absolute atomic E-state index is 13.1. The second kappa shape index (κ2) is 8.72. The normalized spacial score (nSPS) is 13.5. The fourth-order valence-corrected chi connectivity index (χ4v) is 4.90. The molecule has 1 unspecified atom stereocenters. The molecule has 3 aromatic rings. The molecule has 170 valence electrons. The van der Waals surface area contributed by atoms with Gasteiger partial charge in [-0.1, -0.05) is 34.5 Å². The number of carbonyl (C=O) groups excluding carboxylic acids is 1. The molecule has 0 saturated heterocycles. The van der Waals surface area contributed by atoms with Crippen molar-refractivity contribution in [1.29, 1.82) is 0 Å². The lowest BCUT2D eigenvalue weighted by molar-refractivity contribution is -0.274. The van der Waals surface area contributed by atoms with Gasteiger partial charge in [-0.2, -0.15) is 4.36 Å². The van der Waals surface area contributed by atoms with E-state index in [1.54, 1.807) is 25.1 Å². The van der Waals surface area contributed by atoms with Gasteiger partial charge >= 0.3 is 12.3 Å². The highest BCUT2D eigenvalue weighted by Crippen LogP contribution is 2.30. The van der Waals surface area contributed by atoms with Crippen LogP contribution in [-0.4, -0.2) is 37.7 Å². The van der Waals surface area contributed by atoms with Crippen molar-refractivity contribution in [1.82, 2.24) is 15.0 Å². The monoisotopic (exact) mass is 506 g/mol. The SMILES string of the molecule is Cc1ccc(Cl)c(S(C)(=O)=NC(=O)c2nnn(-c3ccc(OC(F)(F)F)cc3Cl)c2C)c1. The van der Waals surface area contributed by atoms with Gasteiger partial charge in [0, 0.05) is 12.3 Å². The second-order valence-corrected chi connectivity index (χ2v) is 9.77. The van der Waals surface area contributed by atoms with Crippen LogP contribution >= 0.6 is 23.2 Å². The van der Waals surface area contributed by atoms with Crippen molar-refractivity contribution < 1.29 is 26.9 Å². The summed E-state index contributed by atoms with van der Waals surface area (Å²) in [6.07, 6.45) is -3.59. The van der Waals surface area contributed by atoms with Gasteiger partial charge in [0.1, 0.15) is 5.75 Å². The molecule has 0 bridgehead atoms. The van der Waals surface area contributed by atoms with Crippen LogP contribution in [0.15, 0.2) is 45.7 Å². The Balaban J connectivity index is 1.97. The maximum Gasteiger partial charge on any atom is 0.573 e. The van der Waals surface area contributed by atoms with Gasteiger partial charge in [0.05, 0.1) is 36.1 Å². The number of amides is 1. The highest BCUT2D eigenvalue weighted by Gasteiger charge is 2.31. The van der Waals surface area contributed by atoms with E-state index < -0.39 is 27.7 Å². The van der Waals surface area contributed by atoms with Crippen molar-refractivity contribution in [3.63, 3.8) is 0 Å². The molecule has 0 N–H and O–H groups in total. The third-order valence-electron chi connectivity index (χ3n) is 4.23. The van der Waals surface area contributed by atoms with Crippen LogP contribution in [0.2, 0.25) is 10.0 Å². The number of aryl methyl sites for hydroxylation is 1. The molecule has 1 amide bonds. The van der Waals surface area contributed by atoms with Gasteiger partial charge < -0.3 is 4.74 Å². The van der Waals surface area contributed by atoms with Crippen molar-refractivity contribution in [2.24, 2.45) is 4.36 Å². The first-order valence-corrected chi connectivity index (χ1v) is 11.5. The number of hydrogen-bond acceptors (Lipinski definition) is 5. The summed E-state index contributed by atoms with van der Waals surface area (Å²) in [6.45, 7) is 3.26. The number of carbonyl (C=O) groups is 1. The van der Waals surface area contributed by atoms with Crippen molar-refractivity contribution in [2.75, 3.05) is 6.26 Å². The molecule has 2 aromatic carbocycles. The molecule has 0 aliphatic carbocycles. The number of benzene rings is 2. The number of halogens is 5. The minimum absolute atomic E-state index is 0.124. The van der Waals surface area contributed by atoms with Crippen LogP contribution in [0.4, 0.5) is 13.2 Å². The van der Waals surface area contributed by atoms with Crippen molar-refractivity contribution >= 4 is 38.8 Å². The van der Waals surface area contributed by atoms with Gasteiger partial charge in [0.2, 0.25) is 0 Å². The van der Waals surface area contributed by atoms with E-state index in [1.165, 1.54) is 19.2 Å². The van der Waals surface area contributed by atoms with Crippen LogP contribution in [0, 0.1) is 13.8 Å². The van der Waals surface area contributed by atoms with Crippen molar-refractivity contribution in [3.8, 4) is 11.4 Å². The van der Waals surface area contributed by atoms with Gasteiger partial charge in [-0.3, -0.25) is 4.79 Å². The minimum Gasteiger partial charge on any atom is -0.406 e. The standard InChI is InChI=1S/C19H15Cl2F3N4O3S/c1-10-4-6-13(20)16(8-10)32(3,30)26-18(29)17-11(2)28(27-25-17)15-7-5-12(9-14(15)21)31-19(22,23)24/h4-9H,1-3H3. The summed E-state index contributed by atoms with van der Waals surface area (Å²) in [5, 5.41) is 7.68. The predicted octanol–water partition coefficient (Wildman–Crippen LogP) is 5.39. The number of hydrogen-bond donors (Lipinski definition) is 0. The molecule has 13 heteroatoms. The van der Waals surface area contributed by atoms with E-state index in [0.717, 1.165) is 22.4 Å². The van der Waals surface area contributed by atoms with Gasteiger partial charge in [-0.15, -0.1) is 18.3 Å². The number of ether oxygens (including phenoxy) is 1. The van der Waals surface area contributed by atoms with E-state index in [0.29, 0.717) is 0 Å². The molecule has 0 aliphatic heterocycles. The minimum atomic E-state index is -4.87. The molecular weight excluding hydrogens is 492 g/mol. The lowest BCUT2D eigenvalue weighted by Gasteiger charge is -2.11. The molecule has 0 spiro atoms. The molecule has 0 aliphatic rings. The highest BCUT2D eigenvalue weighted by molar-refractivity contribution is 7.93. The summed E-state index contributed by atoms with van der Waals surface area (Å²) in [5.41, 5.74) is 0.936. The zero-order valence-corrected chi connectivity index (χ0v) is 19.1. The number of aromatic nitrogens is 3. The quantitative estimate of drug-likeness (QED) is 0.473. The summed E-state index contributed by atoms with van der Waals surface area (Å²) in [6, 6.07) is 8.09. The Morgan fingerprint density at radius 2 is 1.81 bits per heavy atom. The van der Waals surface area contributed by atoms with Crippen LogP contribution in [0.5, 0.6) is 5.75 Å². The molecular formula is C19H15Cl2F3N4O3S. The van der Waals surface area contributed by atoms with Gasteiger partial charge in [-0.25, -0.2) is 8.89 Å². The molecule has 7 nitrogen and oxygen atoms in total. The van der Waals surface area contributed by atoms with Gasteiger partial charge in [0.25, 0.3) is 0 Å². The van der Waals surface area contributed by atoms with Crippen LogP contribution in [-0.2, 0) is 9.73 Å². The van der Waals surface area contributed by atoms with Crippen molar-refractivity contribution in [3.05, 3.63) is 63.4 Å². The number of alkyl halides is 3. The third kappa shape index (κ3) is 5.22. The van der Waals surface area contributed by atoms with Crippen LogP contribution in [0.25, 0.3) is 5.69 Å². The Morgan fingerprint density at radius 1 is 1.12 bits per heavy atom. The first-order valence-electron chi connectivity index (χ1n) is 8.79. The summed E-state index contributed by atoms with van der Waals surface area (Å²) >= 11 is 12.2. The van der Waals surface area contributed by atoms with Gasteiger partial charge in [-0.05, 0) is 43.7 Å². The molecule has 3 rings (SSSR count). The first-order chi connectivity index (χ1) is 14.8. The fraction of sp³-hybridized carbons (Fsp3) is 0.211. The van der Waals surface area contributed by atoms with Crippen LogP contribution < -0.4 is 4.74 Å². The largest absolute Gasteiger partial charge is 0.573 e. The molecule has 1 heterocycles. The molecule has 1 aromatic heterocycles. The van der Waals surface area contributed by atoms with E-state index in [-0.39, 0.29) is 32.0 Å². The Morgan fingerprint density at radius 3 is 2.44 bits per heavy atom. The summed E-state index contributed by atoms with van der Waals surface area (Å²) in [5.74, 6) is -1.41. The summed E-state index contributed by atoms with van der Waals surface area (Å²) < 4.78 is 59.0. The first kappa shape index (κ1) is 24.0. The van der Waals surface area contributed by atoms with Crippen LogP contribution in [0.3, 0.4) is 0 Å². The average molecular weight is 507 g/mol. The Hall–Kier alpha value is -2.63. The van der Waals surface area contributed by atoms with E-state index in [9.17, 15) is 22.2 Å². The Bertz CT molecular complexity index is 1330. The van der Waals surface area contributed by atoms with E-state index in [2.05, 4.69) is 19.4 Å². The Kier molecular flexibility index (Phi) is 6.55. The predicted molar refractivity (Wildman–Crippen MR) is 113 cm³/mol. The third-order valence-corrected chi connectivity index (χ3v) is 6.64. The summed E-state index contributed by atoms with van der Waals surface area (Å²) in [7, 11) is -3.20. The van der Waals surface area contributed by atoms with Crippen LogP contribution in [0.1, 0.15) is 21.7 Å². The lowest BCUT2D eigenvalue weighted by Crippen LogP contribution is -2.17. The number of nitrogens with zero attached hydrogens (tertiary/aromatic N) is 4. The lowest BCUT2D eigenvalue weighted by atomic mass is 10.2. The Labute approximate surface area is 191 Å². The van der Waals surface area contributed by atoms with E-state index in [4.69, 9.17) is 23.2 Å². The topological polar surface area (TPSA) is 86.4 Å². The molecule has 0 saturated carbocycles.